The van der Waals surface area contributed by atoms with Gasteiger partial charge in [-0.25, -0.2) is 0 Å². The summed E-state index contributed by atoms with van der Waals surface area (Å²) in [7, 11) is 0. The highest BCUT2D eigenvalue weighted by molar-refractivity contribution is 7.03. The number of ether oxygens (including phenoxy) is 2. The predicted molar refractivity (Wildman–Crippen MR) is 209 cm³/mol. The van der Waals surface area contributed by atoms with Crippen LogP contribution in [0.3, 0.4) is 0 Å². The first-order valence-electron chi connectivity index (χ1n) is 17.4. The Morgan fingerprint density at radius 2 is 1.04 bits per heavy atom. The Bertz CT molecular complexity index is 2830. The van der Waals surface area contributed by atoms with Gasteiger partial charge in [0.05, 0.1) is 0 Å². The molecule has 0 N–H and O–H groups in total. The van der Waals surface area contributed by atoms with E-state index in [1.54, 1.807) is 0 Å². The van der Waals surface area contributed by atoms with Crippen LogP contribution in [-0.2, 0) is 0 Å². The summed E-state index contributed by atoms with van der Waals surface area (Å²) in [6.07, 6.45) is 0. The Balaban J connectivity index is 1.20. The summed E-state index contributed by atoms with van der Waals surface area (Å²) >= 11 is 0. The van der Waals surface area contributed by atoms with Crippen molar-refractivity contribution >= 4 is 84.8 Å². The number of anilines is 3. The third kappa shape index (κ3) is 3.28. The lowest BCUT2D eigenvalue weighted by molar-refractivity contribution is 0.459. The number of benzene rings is 8. The van der Waals surface area contributed by atoms with Gasteiger partial charge in [-0.3, -0.25) is 0 Å². The summed E-state index contributed by atoms with van der Waals surface area (Å²) in [5, 5.41) is 5.08. The van der Waals surface area contributed by atoms with Gasteiger partial charge in [-0.1, -0.05) is 115 Å². The van der Waals surface area contributed by atoms with E-state index in [0.29, 0.717) is 0 Å². The maximum absolute atomic E-state index is 6.93. The Morgan fingerprint density at radius 3 is 1.78 bits per heavy atom. The summed E-state index contributed by atoms with van der Waals surface area (Å²) in [6, 6.07) is 53.1. The Kier molecular flexibility index (Phi) is 5.07. The highest BCUT2D eigenvalue weighted by Crippen LogP contribution is 2.48. The molecule has 5 heteroatoms. The summed E-state index contributed by atoms with van der Waals surface area (Å²) in [5.74, 6) is 3.66. The molecule has 0 aliphatic carbocycles. The van der Waals surface area contributed by atoms with Crippen molar-refractivity contribution in [3.63, 3.8) is 0 Å². The molecule has 0 bridgehead atoms. The zero-order valence-corrected chi connectivity index (χ0v) is 27.3. The van der Waals surface area contributed by atoms with Crippen molar-refractivity contribution in [2.24, 2.45) is 0 Å². The fourth-order valence-corrected chi connectivity index (χ4v) is 9.46. The van der Waals surface area contributed by atoms with E-state index >= 15 is 0 Å². The van der Waals surface area contributed by atoms with Crippen LogP contribution in [0.2, 0.25) is 0 Å². The molecule has 50 heavy (non-hydrogen) atoms. The van der Waals surface area contributed by atoms with Gasteiger partial charge in [0.25, 0.3) is 13.4 Å². The molecule has 0 saturated heterocycles. The average Bonchev–Trinajstić information content (AvgIpc) is 3.18. The molecule has 0 aromatic heterocycles. The summed E-state index contributed by atoms with van der Waals surface area (Å²) < 4.78 is 13.8. The van der Waals surface area contributed by atoms with E-state index in [4.69, 9.17) is 9.47 Å². The highest BCUT2D eigenvalue weighted by atomic mass is 16.5. The molecule has 3 nitrogen and oxygen atoms in total. The van der Waals surface area contributed by atoms with Gasteiger partial charge in [0.15, 0.2) is 0 Å². The minimum Gasteiger partial charge on any atom is -0.458 e. The molecule has 0 spiro atoms. The van der Waals surface area contributed by atoms with E-state index in [1.165, 1.54) is 82.5 Å². The number of fused-ring (bicyclic) bond motifs is 13. The smallest absolute Gasteiger partial charge is 0.256 e. The summed E-state index contributed by atoms with van der Waals surface area (Å²) in [5.41, 5.74) is 14.6. The van der Waals surface area contributed by atoms with Crippen molar-refractivity contribution in [3.8, 4) is 34.1 Å². The summed E-state index contributed by atoms with van der Waals surface area (Å²) in [6.45, 7) is 2.23. The van der Waals surface area contributed by atoms with Crippen LogP contribution in [-0.4, -0.2) is 13.4 Å². The van der Waals surface area contributed by atoms with Gasteiger partial charge in [0, 0.05) is 22.6 Å². The molecule has 0 radical (unpaired) electrons. The van der Waals surface area contributed by atoms with E-state index in [9.17, 15) is 0 Å². The molecule has 8 aromatic rings. The molecule has 0 atom stereocenters. The highest BCUT2D eigenvalue weighted by Gasteiger charge is 2.51. The van der Waals surface area contributed by atoms with E-state index in [1.807, 2.05) is 0 Å². The second-order valence-electron chi connectivity index (χ2n) is 14.0. The standard InChI is InChI=1S/C45H27B2NO2/c1-26-44-41-43-42-45(26)50-40-21-11-8-18-35(40)47(42)36-25-28(32-24-27-12-2-3-13-29(27)30-14-4-5-15-31(30)32)22-23-38(36)48(43)37-19-9-6-16-33(37)46(41)34-17-7-10-20-39(34)49-44/h2-25H,1H3. The van der Waals surface area contributed by atoms with Crippen LogP contribution in [0.25, 0.3) is 32.7 Å². The molecule has 8 aromatic carbocycles. The van der Waals surface area contributed by atoms with Crippen LogP contribution in [0.5, 0.6) is 23.0 Å². The zero-order chi connectivity index (χ0) is 32.7. The molecule has 4 aliphatic rings. The Hall–Kier alpha value is -6.19. The largest absolute Gasteiger partial charge is 0.458 e. The van der Waals surface area contributed by atoms with E-state index in [0.717, 1.165) is 28.6 Å². The van der Waals surface area contributed by atoms with E-state index < -0.39 is 0 Å². The normalized spacial score (nSPS) is 13.9. The van der Waals surface area contributed by atoms with Crippen molar-refractivity contribution in [1.82, 2.24) is 0 Å². The third-order valence-corrected chi connectivity index (χ3v) is 11.5. The van der Waals surface area contributed by atoms with Crippen LogP contribution >= 0.6 is 0 Å². The molecule has 0 unspecified atom stereocenters. The SMILES string of the molecule is Cc1c2c3c4c5c1Oc1ccccc1B5c1cc(-c5cc6ccccc6c6ccccc56)ccc1N4c1ccccc1B3c1ccccc1O2. The fourth-order valence-electron chi connectivity index (χ4n) is 9.46. The Labute approximate surface area is 290 Å². The van der Waals surface area contributed by atoms with Crippen LogP contribution < -0.4 is 47.2 Å². The van der Waals surface area contributed by atoms with Gasteiger partial charge in [-0.2, -0.15) is 0 Å². The number of hydrogen-bond donors (Lipinski definition) is 0. The number of hydrogen-bond acceptors (Lipinski definition) is 3. The van der Waals surface area contributed by atoms with Crippen molar-refractivity contribution in [2.75, 3.05) is 4.90 Å². The van der Waals surface area contributed by atoms with E-state index in [-0.39, 0.29) is 13.4 Å². The maximum Gasteiger partial charge on any atom is 0.256 e. The van der Waals surface area contributed by atoms with Gasteiger partial charge in [-0.15, -0.1) is 0 Å². The van der Waals surface area contributed by atoms with Gasteiger partial charge < -0.3 is 14.4 Å². The van der Waals surface area contributed by atoms with E-state index in [2.05, 4.69) is 157 Å². The third-order valence-electron chi connectivity index (χ3n) is 11.5. The van der Waals surface area contributed by atoms with Gasteiger partial charge >= 0.3 is 0 Å². The predicted octanol–water partition coefficient (Wildman–Crippen LogP) is 7.31. The first-order valence-corrected chi connectivity index (χ1v) is 17.4. The van der Waals surface area contributed by atoms with Crippen LogP contribution in [0, 0.1) is 6.92 Å². The van der Waals surface area contributed by atoms with Crippen LogP contribution in [0.15, 0.2) is 146 Å². The summed E-state index contributed by atoms with van der Waals surface area (Å²) in [4.78, 5) is 2.51. The molecule has 4 aliphatic heterocycles. The topological polar surface area (TPSA) is 21.7 Å². The quantitative estimate of drug-likeness (QED) is 0.140. The lowest BCUT2D eigenvalue weighted by atomic mass is 9.29. The van der Waals surface area contributed by atoms with Gasteiger partial charge in [-0.05, 0) is 103 Å². The second kappa shape index (κ2) is 9.49. The van der Waals surface area contributed by atoms with Gasteiger partial charge in [0.1, 0.15) is 23.0 Å². The maximum atomic E-state index is 6.93. The minimum atomic E-state index is -0.00467. The lowest BCUT2D eigenvalue weighted by Crippen LogP contribution is -2.67. The molecule has 0 amide bonds. The molecule has 0 saturated carbocycles. The molecule has 12 rings (SSSR count). The van der Waals surface area contributed by atoms with Crippen LogP contribution in [0.4, 0.5) is 17.1 Å². The fraction of sp³-hybridized carbons (Fsp3) is 0.0222. The van der Waals surface area contributed by atoms with Crippen molar-refractivity contribution in [1.29, 1.82) is 0 Å². The minimum absolute atomic E-state index is 0.00467. The second-order valence-corrected chi connectivity index (χ2v) is 14.0. The monoisotopic (exact) mass is 635 g/mol. The average molecular weight is 635 g/mol. The Morgan fingerprint density at radius 1 is 0.480 bits per heavy atom. The number of rotatable bonds is 1. The van der Waals surface area contributed by atoms with Crippen molar-refractivity contribution in [3.05, 3.63) is 151 Å². The molecule has 230 valence electrons. The molecule has 4 heterocycles. The lowest BCUT2D eigenvalue weighted by Gasteiger charge is -2.47. The van der Waals surface area contributed by atoms with Gasteiger partial charge in [0.2, 0.25) is 0 Å². The van der Waals surface area contributed by atoms with Crippen LogP contribution in [0.1, 0.15) is 5.56 Å². The first kappa shape index (κ1) is 26.7. The molecule has 0 fully saturated rings. The number of para-hydroxylation sites is 3. The van der Waals surface area contributed by atoms with Crippen molar-refractivity contribution < 1.29 is 9.47 Å². The first-order chi connectivity index (χ1) is 24.7. The number of nitrogens with zero attached hydrogens (tertiary/aromatic N) is 1. The molecular formula is C45H27B2NO2. The zero-order valence-electron chi connectivity index (χ0n) is 27.3. The molecular weight excluding hydrogens is 608 g/mol. The van der Waals surface area contributed by atoms with Crippen molar-refractivity contribution in [2.45, 2.75) is 6.92 Å².